The van der Waals surface area contributed by atoms with E-state index in [0.29, 0.717) is 32.5 Å². The number of carbonyl (C=O) groups is 3. The number of rotatable bonds is 5. The molecule has 0 aromatic rings. The van der Waals surface area contributed by atoms with Crippen LogP contribution in [0.15, 0.2) is 0 Å². The Morgan fingerprint density at radius 1 is 1.42 bits per heavy atom. The lowest BCUT2D eigenvalue weighted by Crippen LogP contribution is -2.41. The summed E-state index contributed by atoms with van der Waals surface area (Å²) in [6, 6.07) is -0.266. The van der Waals surface area contributed by atoms with Crippen LogP contribution >= 0.6 is 0 Å². The number of likely N-dealkylation sites (tertiary alicyclic amines) is 1. The number of carbonyl (C=O) groups excluding carboxylic acids is 2. The monoisotopic (exact) mass is 272 g/mol. The molecule has 7 nitrogen and oxygen atoms in total. The molecule has 1 aliphatic rings. The van der Waals surface area contributed by atoms with Crippen LogP contribution in [0, 0.1) is 5.41 Å². The van der Waals surface area contributed by atoms with Gasteiger partial charge in [-0.25, -0.2) is 4.79 Å². The Bertz CT molecular complexity index is 371. The molecule has 0 radical (unpaired) electrons. The summed E-state index contributed by atoms with van der Waals surface area (Å²) in [5.74, 6) is -1.19. The van der Waals surface area contributed by atoms with Gasteiger partial charge in [0.25, 0.3) is 0 Å². The molecule has 0 bridgehead atoms. The second-order valence-electron chi connectivity index (χ2n) is 4.95. The Kier molecular flexibility index (Phi) is 5.14. The Hall–Kier alpha value is -1.79. The zero-order valence-electron chi connectivity index (χ0n) is 11.3. The molecule has 2 N–H and O–H groups in total. The van der Waals surface area contributed by atoms with Crippen LogP contribution in [0.5, 0.6) is 0 Å². The summed E-state index contributed by atoms with van der Waals surface area (Å²) in [4.78, 5) is 35.3. The van der Waals surface area contributed by atoms with Gasteiger partial charge in [-0.05, 0) is 19.8 Å². The van der Waals surface area contributed by atoms with E-state index in [1.54, 1.807) is 11.8 Å². The van der Waals surface area contributed by atoms with Crippen LogP contribution in [0.3, 0.4) is 0 Å². The predicted molar refractivity (Wildman–Crippen MR) is 66.6 cm³/mol. The summed E-state index contributed by atoms with van der Waals surface area (Å²) >= 11 is 0. The number of ether oxygens (including phenoxy) is 1. The van der Waals surface area contributed by atoms with Crippen LogP contribution in [0.1, 0.15) is 26.2 Å². The van der Waals surface area contributed by atoms with Crippen LogP contribution in [-0.2, 0) is 14.3 Å². The van der Waals surface area contributed by atoms with Gasteiger partial charge >= 0.3 is 18.0 Å². The molecule has 0 aromatic carbocycles. The zero-order chi connectivity index (χ0) is 14.5. The maximum atomic E-state index is 11.8. The number of methoxy groups -OCH3 is 1. The third-order valence-corrected chi connectivity index (χ3v) is 3.28. The number of carboxylic acid groups (broad SMARTS) is 1. The quantitative estimate of drug-likeness (QED) is 0.559. The number of nitrogens with zero attached hydrogens (tertiary/aromatic N) is 1. The number of urea groups is 1. The van der Waals surface area contributed by atoms with Gasteiger partial charge in [-0.1, -0.05) is 0 Å². The number of hydrogen-bond donors (Lipinski definition) is 2. The highest BCUT2D eigenvalue weighted by molar-refractivity contribution is 5.80. The first-order valence-electron chi connectivity index (χ1n) is 6.22. The fourth-order valence-corrected chi connectivity index (χ4v) is 2.09. The highest BCUT2D eigenvalue weighted by Crippen LogP contribution is 2.30. The van der Waals surface area contributed by atoms with E-state index in [1.807, 2.05) is 0 Å². The van der Waals surface area contributed by atoms with Gasteiger partial charge in [0.05, 0.1) is 12.5 Å². The van der Waals surface area contributed by atoms with Crippen LogP contribution < -0.4 is 5.32 Å². The second kappa shape index (κ2) is 6.40. The number of aliphatic carboxylic acids is 1. The topological polar surface area (TPSA) is 95.9 Å². The highest BCUT2D eigenvalue weighted by atomic mass is 16.5. The Morgan fingerprint density at radius 2 is 2.11 bits per heavy atom. The number of carboxylic acids is 1. The molecule has 1 heterocycles. The van der Waals surface area contributed by atoms with Crippen molar-refractivity contribution in [2.75, 3.05) is 26.7 Å². The molecule has 7 heteroatoms. The van der Waals surface area contributed by atoms with Crippen molar-refractivity contribution in [1.82, 2.24) is 10.2 Å². The molecule has 1 unspecified atom stereocenters. The molecule has 1 aliphatic heterocycles. The average Bonchev–Trinajstić information content (AvgIpc) is 2.77. The molecule has 0 saturated carbocycles. The van der Waals surface area contributed by atoms with E-state index in [9.17, 15) is 14.4 Å². The Labute approximate surface area is 111 Å². The van der Waals surface area contributed by atoms with Crippen LogP contribution in [0.2, 0.25) is 0 Å². The Balaban J connectivity index is 2.36. The summed E-state index contributed by atoms with van der Waals surface area (Å²) in [6.45, 7) is 2.91. The fraction of sp³-hybridized carbons (Fsp3) is 0.750. The molecule has 108 valence electrons. The molecule has 0 spiro atoms. The van der Waals surface area contributed by atoms with Crippen molar-refractivity contribution in [2.24, 2.45) is 5.41 Å². The predicted octanol–water partition coefficient (Wildman–Crippen LogP) is 0.446. The van der Waals surface area contributed by atoms with E-state index >= 15 is 0 Å². The van der Waals surface area contributed by atoms with Gasteiger partial charge in [0.2, 0.25) is 0 Å². The minimum absolute atomic E-state index is 0.0279. The maximum absolute atomic E-state index is 11.8. The van der Waals surface area contributed by atoms with E-state index in [0.717, 1.165) is 0 Å². The van der Waals surface area contributed by atoms with Gasteiger partial charge in [-0.3, -0.25) is 9.59 Å². The SMILES string of the molecule is COC(=O)C1(C)CCN(C(=O)NCCCC(=O)O)C1. The lowest BCUT2D eigenvalue weighted by atomic mass is 9.90. The molecule has 0 aliphatic carbocycles. The van der Waals surface area contributed by atoms with E-state index in [4.69, 9.17) is 9.84 Å². The third-order valence-electron chi connectivity index (χ3n) is 3.28. The summed E-state index contributed by atoms with van der Waals surface area (Å²) in [5, 5.41) is 11.1. The maximum Gasteiger partial charge on any atom is 0.317 e. The molecule has 1 saturated heterocycles. The van der Waals surface area contributed by atoms with Crippen molar-refractivity contribution < 1.29 is 24.2 Å². The molecular weight excluding hydrogens is 252 g/mol. The highest BCUT2D eigenvalue weighted by Gasteiger charge is 2.42. The number of hydrogen-bond acceptors (Lipinski definition) is 4. The largest absolute Gasteiger partial charge is 0.481 e. The minimum Gasteiger partial charge on any atom is -0.481 e. The van der Waals surface area contributed by atoms with Crippen LogP contribution in [0.25, 0.3) is 0 Å². The van der Waals surface area contributed by atoms with E-state index in [-0.39, 0.29) is 18.4 Å². The lowest BCUT2D eigenvalue weighted by molar-refractivity contribution is -0.150. The summed E-state index contributed by atoms with van der Waals surface area (Å²) < 4.78 is 4.73. The first-order chi connectivity index (χ1) is 8.89. The zero-order valence-corrected chi connectivity index (χ0v) is 11.3. The van der Waals surface area contributed by atoms with Gasteiger partial charge in [0.1, 0.15) is 0 Å². The van der Waals surface area contributed by atoms with Crippen molar-refractivity contribution in [3.05, 3.63) is 0 Å². The van der Waals surface area contributed by atoms with Crippen molar-refractivity contribution in [1.29, 1.82) is 0 Å². The van der Waals surface area contributed by atoms with Crippen LogP contribution in [-0.4, -0.2) is 54.7 Å². The third kappa shape index (κ3) is 4.11. The van der Waals surface area contributed by atoms with E-state index < -0.39 is 11.4 Å². The first kappa shape index (κ1) is 15.3. The molecule has 2 amide bonds. The summed E-state index contributed by atoms with van der Waals surface area (Å²) in [6.07, 6.45) is 0.992. The number of esters is 1. The van der Waals surface area contributed by atoms with Crippen molar-refractivity contribution in [3.8, 4) is 0 Å². The fourth-order valence-electron chi connectivity index (χ4n) is 2.09. The molecule has 1 atom stereocenters. The van der Waals surface area contributed by atoms with Gasteiger partial charge in [0, 0.05) is 26.1 Å². The normalized spacial score (nSPS) is 22.1. The number of amides is 2. The first-order valence-corrected chi connectivity index (χ1v) is 6.22. The van der Waals surface area contributed by atoms with Gasteiger partial charge < -0.3 is 20.1 Å². The van der Waals surface area contributed by atoms with Gasteiger partial charge in [-0.15, -0.1) is 0 Å². The van der Waals surface area contributed by atoms with Gasteiger partial charge in [0.15, 0.2) is 0 Å². The van der Waals surface area contributed by atoms with Crippen LogP contribution in [0.4, 0.5) is 4.79 Å². The minimum atomic E-state index is -0.881. The molecule has 19 heavy (non-hydrogen) atoms. The van der Waals surface area contributed by atoms with E-state index in [2.05, 4.69) is 5.32 Å². The smallest absolute Gasteiger partial charge is 0.317 e. The second-order valence-corrected chi connectivity index (χ2v) is 4.95. The van der Waals surface area contributed by atoms with Crippen molar-refractivity contribution >= 4 is 18.0 Å². The molecule has 1 rings (SSSR count). The average molecular weight is 272 g/mol. The van der Waals surface area contributed by atoms with Crippen molar-refractivity contribution in [2.45, 2.75) is 26.2 Å². The standard InChI is InChI=1S/C12H20N2O5/c1-12(10(17)19-2)5-7-14(8-12)11(18)13-6-3-4-9(15)16/h3-8H2,1-2H3,(H,13,18)(H,15,16). The van der Waals surface area contributed by atoms with Gasteiger partial charge in [-0.2, -0.15) is 0 Å². The van der Waals surface area contributed by atoms with Crippen molar-refractivity contribution in [3.63, 3.8) is 0 Å². The Morgan fingerprint density at radius 3 is 2.68 bits per heavy atom. The molecular formula is C12H20N2O5. The molecule has 1 fully saturated rings. The molecule has 0 aromatic heterocycles. The summed E-state index contributed by atoms with van der Waals surface area (Å²) in [7, 11) is 1.34. The summed E-state index contributed by atoms with van der Waals surface area (Å²) in [5.41, 5.74) is -0.646. The lowest BCUT2D eigenvalue weighted by Gasteiger charge is -2.22. The number of nitrogens with one attached hydrogen (secondary N) is 1. The van der Waals surface area contributed by atoms with E-state index in [1.165, 1.54) is 7.11 Å².